The lowest BCUT2D eigenvalue weighted by Crippen LogP contribution is -2.27. The zero-order valence-electron chi connectivity index (χ0n) is 11.0. The minimum atomic E-state index is -1.06. The molecule has 1 aromatic heterocycles. The Bertz CT molecular complexity index is 620. The number of hydrogen-bond donors (Lipinski definition) is 1. The molecule has 0 aliphatic heterocycles. The highest BCUT2D eigenvalue weighted by Gasteiger charge is 2.35. The van der Waals surface area contributed by atoms with Crippen LogP contribution in [0.3, 0.4) is 0 Å². The first kappa shape index (κ1) is 14.0. The topological polar surface area (TPSA) is 76.5 Å². The van der Waals surface area contributed by atoms with Crippen LogP contribution in [0.5, 0.6) is 0 Å². The van der Waals surface area contributed by atoms with Gasteiger partial charge in [-0.1, -0.05) is 36.4 Å². The number of aliphatic hydroxyl groups is 1. The number of hydrogen-bond acceptors (Lipinski definition) is 4. The molecule has 5 heteroatoms. The van der Waals surface area contributed by atoms with Crippen LogP contribution < -0.4 is 0 Å². The summed E-state index contributed by atoms with van der Waals surface area (Å²) in [6.45, 7) is 5.56. The lowest BCUT2D eigenvalue weighted by molar-refractivity contribution is -0.402. The molecule has 2 rings (SSSR count). The second kappa shape index (κ2) is 5.30. The fourth-order valence-electron chi connectivity index (χ4n) is 2.07. The number of furan rings is 1. The zero-order valence-corrected chi connectivity index (χ0v) is 11.0. The van der Waals surface area contributed by atoms with Crippen LogP contribution in [0.2, 0.25) is 0 Å². The van der Waals surface area contributed by atoms with Gasteiger partial charge >= 0.3 is 5.88 Å². The summed E-state index contributed by atoms with van der Waals surface area (Å²) in [5.41, 5.74) is 0.0500. The Balaban J connectivity index is 2.40. The number of benzene rings is 1. The summed E-state index contributed by atoms with van der Waals surface area (Å²) in [7, 11) is 0. The van der Waals surface area contributed by atoms with E-state index < -0.39 is 22.3 Å². The molecule has 5 nitrogen and oxygen atoms in total. The average Bonchev–Trinajstić information content (AvgIpc) is 2.96. The van der Waals surface area contributed by atoms with Crippen LogP contribution in [-0.2, 0) is 5.41 Å². The average molecular weight is 273 g/mol. The van der Waals surface area contributed by atoms with E-state index in [9.17, 15) is 15.2 Å². The van der Waals surface area contributed by atoms with Crippen LogP contribution in [0.4, 0.5) is 5.88 Å². The molecule has 0 bridgehead atoms. The molecule has 0 aliphatic rings. The Kier molecular flexibility index (Phi) is 3.72. The third-order valence-electron chi connectivity index (χ3n) is 3.45. The molecule has 0 amide bonds. The summed E-state index contributed by atoms with van der Waals surface area (Å²) in [6, 6.07) is 11.9. The monoisotopic (exact) mass is 273 g/mol. The first-order valence-electron chi connectivity index (χ1n) is 6.10. The summed E-state index contributed by atoms with van der Waals surface area (Å²) in [5, 5.41) is 21.1. The van der Waals surface area contributed by atoms with Crippen molar-refractivity contribution in [1.29, 1.82) is 0 Å². The van der Waals surface area contributed by atoms with Gasteiger partial charge in [0.05, 0.1) is 6.07 Å². The third-order valence-corrected chi connectivity index (χ3v) is 3.45. The molecule has 1 N–H and O–H groups in total. The fraction of sp³-hybridized carbons (Fsp3) is 0.200. The van der Waals surface area contributed by atoms with Crippen LogP contribution in [-0.4, -0.2) is 10.0 Å². The van der Waals surface area contributed by atoms with Crippen LogP contribution in [0.1, 0.15) is 24.4 Å². The van der Waals surface area contributed by atoms with E-state index in [-0.39, 0.29) is 5.76 Å². The summed E-state index contributed by atoms with van der Waals surface area (Å²) in [5.74, 6) is -0.249. The van der Waals surface area contributed by atoms with E-state index in [0.29, 0.717) is 0 Å². The lowest BCUT2D eigenvalue weighted by Gasteiger charge is -2.30. The van der Waals surface area contributed by atoms with Gasteiger partial charge in [-0.2, -0.15) is 0 Å². The van der Waals surface area contributed by atoms with E-state index in [1.807, 2.05) is 30.3 Å². The quantitative estimate of drug-likeness (QED) is 0.514. The van der Waals surface area contributed by atoms with Crippen LogP contribution in [0.15, 0.2) is 59.5 Å². The molecule has 104 valence electrons. The molecule has 20 heavy (non-hydrogen) atoms. The van der Waals surface area contributed by atoms with Gasteiger partial charge in [-0.15, -0.1) is 6.58 Å². The van der Waals surface area contributed by atoms with E-state index in [0.717, 1.165) is 5.56 Å². The first-order chi connectivity index (χ1) is 9.49. The van der Waals surface area contributed by atoms with Crippen LogP contribution in [0.25, 0.3) is 0 Å². The number of rotatable bonds is 5. The molecule has 2 unspecified atom stereocenters. The SMILES string of the molecule is C=CC(C)(c1ccccc1)C(O)c1ccc([N+](=O)[O-])o1. The van der Waals surface area contributed by atoms with Gasteiger partial charge in [0.2, 0.25) is 0 Å². The van der Waals surface area contributed by atoms with E-state index >= 15 is 0 Å². The Labute approximate surface area is 116 Å². The van der Waals surface area contributed by atoms with Crippen molar-refractivity contribution in [1.82, 2.24) is 0 Å². The Morgan fingerprint density at radius 3 is 2.50 bits per heavy atom. The maximum atomic E-state index is 10.6. The van der Waals surface area contributed by atoms with Crippen molar-refractivity contribution in [2.75, 3.05) is 0 Å². The molecule has 1 heterocycles. The van der Waals surface area contributed by atoms with Gasteiger partial charge in [-0.05, 0) is 18.6 Å². The highest BCUT2D eigenvalue weighted by atomic mass is 16.6. The molecule has 2 atom stereocenters. The minimum Gasteiger partial charge on any atom is -0.403 e. The molecule has 2 aromatic rings. The predicted molar refractivity (Wildman–Crippen MR) is 74.3 cm³/mol. The molecular formula is C15H15NO4. The van der Waals surface area contributed by atoms with Crippen LogP contribution in [0, 0.1) is 10.1 Å². The molecule has 0 saturated carbocycles. The fourth-order valence-corrected chi connectivity index (χ4v) is 2.07. The largest absolute Gasteiger partial charge is 0.433 e. The van der Waals surface area contributed by atoms with Crippen molar-refractivity contribution in [2.24, 2.45) is 0 Å². The summed E-state index contributed by atoms with van der Waals surface area (Å²) < 4.78 is 5.08. The summed E-state index contributed by atoms with van der Waals surface area (Å²) >= 11 is 0. The first-order valence-corrected chi connectivity index (χ1v) is 6.10. The second-order valence-corrected chi connectivity index (χ2v) is 4.69. The molecule has 1 aromatic carbocycles. The second-order valence-electron chi connectivity index (χ2n) is 4.69. The molecule has 0 saturated heterocycles. The highest BCUT2D eigenvalue weighted by molar-refractivity contribution is 5.34. The van der Waals surface area contributed by atoms with Gasteiger partial charge in [0.1, 0.15) is 16.8 Å². The van der Waals surface area contributed by atoms with Crippen molar-refractivity contribution in [3.8, 4) is 0 Å². The molecule has 0 fully saturated rings. The number of nitro groups is 1. The number of aliphatic hydroxyl groups excluding tert-OH is 1. The van der Waals surface area contributed by atoms with Gasteiger partial charge in [0.15, 0.2) is 0 Å². The van der Waals surface area contributed by atoms with Gasteiger partial charge in [-0.3, -0.25) is 10.1 Å². The van der Waals surface area contributed by atoms with Crippen molar-refractivity contribution in [2.45, 2.75) is 18.4 Å². The summed E-state index contributed by atoms with van der Waals surface area (Å²) in [4.78, 5) is 10.0. The van der Waals surface area contributed by atoms with Gasteiger partial charge < -0.3 is 9.52 Å². The Morgan fingerprint density at radius 2 is 2.00 bits per heavy atom. The summed E-state index contributed by atoms with van der Waals surface area (Å²) in [6.07, 6.45) is 0.553. The van der Waals surface area contributed by atoms with Crippen molar-refractivity contribution < 1.29 is 14.4 Å². The molecule has 0 spiro atoms. The van der Waals surface area contributed by atoms with E-state index in [4.69, 9.17) is 4.42 Å². The van der Waals surface area contributed by atoms with Crippen molar-refractivity contribution in [3.05, 3.63) is 76.6 Å². The highest BCUT2D eigenvalue weighted by Crippen LogP contribution is 2.39. The molecule has 0 radical (unpaired) electrons. The van der Waals surface area contributed by atoms with Crippen molar-refractivity contribution >= 4 is 5.88 Å². The normalized spacial score (nSPS) is 15.3. The lowest BCUT2D eigenvalue weighted by atomic mass is 9.76. The van der Waals surface area contributed by atoms with Crippen molar-refractivity contribution in [3.63, 3.8) is 0 Å². The zero-order chi connectivity index (χ0) is 14.8. The predicted octanol–water partition coefficient (Wildman–Crippen LogP) is 3.37. The molecule has 0 aliphatic carbocycles. The van der Waals surface area contributed by atoms with Gasteiger partial charge in [-0.25, -0.2) is 0 Å². The minimum absolute atomic E-state index is 0.142. The Morgan fingerprint density at radius 1 is 1.35 bits per heavy atom. The smallest absolute Gasteiger partial charge is 0.403 e. The van der Waals surface area contributed by atoms with Crippen LogP contribution >= 0.6 is 0 Å². The number of nitrogens with zero attached hydrogens (tertiary/aromatic N) is 1. The maximum Gasteiger partial charge on any atom is 0.433 e. The maximum absolute atomic E-state index is 10.6. The van der Waals surface area contributed by atoms with E-state index in [2.05, 4.69) is 6.58 Å². The van der Waals surface area contributed by atoms with Gasteiger partial charge in [0.25, 0.3) is 0 Å². The molecular weight excluding hydrogens is 258 g/mol. The standard InChI is InChI=1S/C15H15NO4/c1-3-15(2,11-7-5-4-6-8-11)14(17)12-9-10-13(20-12)16(18)19/h3-10,14,17H,1H2,2H3. The third kappa shape index (κ3) is 2.35. The van der Waals surface area contributed by atoms with Gasteiger partial charge in [0, 0.05) is 5.41 Å². The van der Waals surface area contributed by atoms with E-state index in [1.165, 1.54) is 12.1 Å². The Hall–Kier alpha value is -2.40. The van der Waals surface area contributed by atoms with E-state index in [1.54, 1.807) is 13.0 Å².